The Bertz CT molecular complexity index is 475. The van der Waals surface area contributed by atoms with Crippen molar-refractivity contribution in [1.29, 1.82) is 0 Å². The van der Waals surface area contributed by atoms with Gasteiger partial charge in [0.1, 0.15) is 0 Å². The van der Waals surface area contributed by atoms with Gasteiger partial charge in [-0.2, -0.15) is 0 Å². The van der Waals surface area contributed by atoms with Crippen molar-refractivity contribution in [3.05, 3.63) is 37.6 Å². The Morgan fingerprint density at radius 3 is 1.72 bits per heavy atom. The van der Waals surface area contributed by atoms with Gasteiger partial charge in [-0.1, -0.05) is 121 Å². The molecule has 2 saturated carbocycles. The number of hydrogen-bond acceptors (Lipinski definition) is 2. The van der Waals surface area contributed by atoms with E-state index in [1.165, 1.54) is 89.9 Å². The van der Waals surface area contributed by atoms with Crippen LogP contribution in [-0.4, -0.2) is 31.8 Å². The molecule has 0 aromatic heterocycles. The zero-order valence-electron chi connectivity index (χ0n) is 18.7. The molecule has 0 heterocycles. The summed E-state index contributed by atoms with van der Waals surface area (Å²) in [6.45, 7) is 8.70. The summed E-state index contributed by atoms with van der Waals surface area (Å²) in [7, 11) is 5.15. The Balaban J connectivity index is 1.95. The molecule has 2 radical (unpaired) electrons. The van der Waals surface area contributed by atoms with Crippen molar-refractivity contribution in [3.63, 3.8) is 0 Å². The maximum atomic E-state index is 4.54. The van der Waals surface area contributed by atoms with Crippen LogP contribution in [0.4, 0.5) is 0 Å². The van der Waals surface area contributed by atoms with E-state index in [4.69, 9.17) is 0 Å². The van der Waals surface area contributed by atoms with Gasteiger partial charge in [0.15, 0.2) is 14.8 Å². The summed E-state index contributed by atoms with van der Waals surface area (Å²) in [5.74, 6) is 1.48. The highest BCUT2D eigenvalue weighted by Crippen LogP contribution is 2.29. The molecule has 0 spiro atoms. The first-order chi connectivity index (χ1) is 14.3. The molecule has 0 aromatic rings. The third kappa shape index (κ3) is 11.1. The zero-order chi connectivity index (χ0) is 20.6. The first kappa shape index (κ1) is 24.3. The second kappa shape index (κ2) is 15.8. The van der Waals surface area contributed by atoms with Gasteiger partial charge in [0.25, 0.3) is 0 Å². The van der Waals surface area contributed by atoms with Crippen molar-refractivity contribution >= 4 is 20.5 Å². The van der Waals surface area contributed by atoms with Gasteiger partial charge in [0.05, 0.1) is 0 Å². The van der Waals surface area contributed by atoms with E-state index >= 15 is 0 Å². The van der Waals surface area contributed by atoms with Crippen LogP contribution in [0.2, 0.25) is 11.6 Å². The van der Waals surface area contributed by atoms with E-state index < -0.39 is 0 Å². The van der Waals surface area contributed by atoms with Gasteiger partial charge < -0.3 is 4.72 Å². The summed E-state index contributed by atoms with van der Waals surface area (Å²) < 4.78 is 2.55. The van der Waals surface area contributed by atoms with E-state index in [-0.39, 0.29) is 0 Å². The molecule has 0 bridgehead atoms. The lowest BCUT2D eigenvalue weighted by molar-refractivity contribution is 0.479. The van der Waals surface area contributed by atoms with Crippen LogP contribution in [0.25, 0.3) is 0 Å². The summed E-state index contributed by atoms with van der Waals surface area (Å²) in [6.07, 6.45) is 27.9. The maximum absolute atomic E-state index is 4.54. The highest BCUT2D eigenvalue weighted by Gasteiger charge is 2.22. The molecule has 2 nitrogen and oxygen atoms in total. The average molecular weight is 392 g/mol. The Morgan fingerprint density at radius 1 is 0.793 bits per heavy atom. The fourth-order valence-corrected chi connectivity index (χ4v) is 4.68. The molecule has 0 aliphatic heterocycles. The van der Waals surface area contributed by atoms with Gasteiger partial charge in [0, 0.05) is 18.3 Å². The Hall–Kier alpha value is -1.02. The summed E-state index contributed by atoms with van der Waals surface area (Å²) in [5, 5.41) is 0. The highest BCUT2D eigenvalue weighted by molar-refractivity contribution is 6.52. The molecule has 4 heteroatoms. The molecule has 2 rings (SSSR count). The summed E-state index contributed by atoms with van der Waals surface area (Å²) in [6, 6.07) is 0. The van der Waals surface area contributed by atoms with Crippen molar-refractivity contribution in [2.45, 2.75) is 108 Å². The van der Waals surface area contributed by atoms with Crippen LogP contribution in [0, 0.1) is 0 Å². The lowest BCUT2D eigenvalue weighted by atomic mass is 9.58. The molecule has 0 saturated heterocycles. The standard InChI is InChI=1S/C25H42B2N2/c1-3-5-21-28-25(4-2)20-22-29(26-23-16-12-8-6-9-13-17-23)27-24-18-14-10-7-11-15-19-24/h3-5,21,23-24H,1-2,6-20,22H2/b21-5-,28-25?. The topological polar surface area (TPSA) is 15.6 Å². The van der Waals surface area contributed by atoms with Gasteiger partial charge in [-0.25, -0.2) is 0 Å². The lowest BCUT2D eigenvalue weighted by Crippen LogP contribution is -2.38. The minimum absolute atomic E-state index is 0.741. The third-order valence-electron chi connectivity index (χ3n) is 6.43. The van der Waals surface area contributed by atoms with Gasteiger partial charge in [-0.15, -0.1) is 0 Å². The van der Waals surface area contributed by atoms with E-state index in [1.54, 1.807) is 6.08 Å². The molecule has 2 aliphatic carbocycles. The number of hydrogen-bond donors (Lipinski definition) is 0. The normalized spacial score (nSPS) is 21.2. The molecule has 29 heavy (non-hydrogen) atoms. The molecule has 0 unspecified atom stereocenters. The van der Waals surface area contributed by atoms with Crippen LogP contribution in [0.15, 0.2) is 42.6 Å². The van der Waals surface area contributed by atoms with Crippen molar-refractivity contribution in [1.82, 2.24) is 4.72 Å². The van der Waals surface area contributed by atoms with Crippen molar-refractivity contribution in [2.75, 3.05) is 6.54 Å². The first-order valence-corrected chi connectivity index (χ1v) is 12.2. The quantitative estimate of drug-likeness (QED) is 0.216. The van der Waals surface area contributed by atoms with Gasteiger partial charge >= 0.3 is 0 Å². The molecule has 0 aromatic carbocycles. The monoisotopic (exact) mass is 392 g/mol. The summed E-state index contributed by atoms with van der Waals surface area (Å²) in [4.78, 5) is 4.54. The number of aliphatic imine (C=N–C) groups is 1. The maximum Gasteiger partial charge on any atom is 0.199 e. The predicted octanol–water partition coefficient (Wildman–Crippen LogP) is 7.31. The Morgan fingerprint density at radius 2 is 1.28 bits per heavy atom. The SMILES string of the molecule is C=C/C=C\N=C(C=C)CCN([B]C1CCCCCCC1)[B]C1CCCCCCC1. The van der Waals surface area contributed by atoms with E-state index in [9.17, 15) is 0 Å². The van der Waals surface area contributed by atoms with Gasteiger partial charge in [0.2, 0.25) is 0 Å². The number of rotatable bonds is 10. The van der Waals surface area contributed by atoms with Crippen LogP contribution in [0.5, 0.6) is 0 Å². The number of nitrogens with zero attached hydrogens (tertiary/aromatic N) is 2. The van der Waals surface area contributed by atoms with E-state index in [1.807, 2.05) is 18.4 Å². The first-order valence-electron chi connectivity index (χ1n) is 12.2. The number of allylic oxidation sites excluding steroid dienone is 3. The van der Waals surface area contributed by atoms with Crippen molar-refractivity contribution < 1.29 is 0 Å². The second-order valence-electron chi connectivity index (χ2n) is 8.90. The predicted molar refractivity (Wildman–Crippen MR) is 132 cm³/mol. The van der Waals surface area contributed by atoms with Crippen LogP contribution in [0.1, 0.15) is 96.3 Å². The lowest BCUT2D eigenvalue weighted by Gasteiger charge is -2.31. The fourth-order valence-electron chi connectivity index (χ4n) is 4.68. The Kier molecular flexibility index (Phi) is 13.2. The smallest absolute Gasteiger partial charge is 0.199 e. The Labute approximate surface area is 182 Å². The third-order valence-corrected chi connectivity index (χ3v) is 6.43. The largest absolute Gasteiger partial charge is 0.392 e. The van der Waals surface area contributed by atoms with E-state index in [0.29, 0.717) is 0 Å². The molecule has 0 atom stereocenters. The molecule has 2 fully saturated rings. The summed E-state index contributed by atoms with van der Waals surface area (Å²) >= 11 is 0. The highest BCUT2D eigenvalue weighted by atomic mass is 15.0. The van der Waals surface area contributed by atoms with Gasteiger partial charge in [-0.05, 0) is 18.7 Å². The van der Waals surface area contributed by atoms with Crippen LogP contribution >= 0.6 is 0 Å². The molecule has 2 aliphatic rings. The van der Waals surface area contributed by atoms with E-state index in [0.717, 1.165) is 30.3 Å². The molecule has 158 valence electrons. The minimum Gasteiger partial charge on any atom is -0.392 e. The second-order valence-corrected chi connectivity index (χ2v) is 8.90. The zero-order valence-corrected chi connectivity index (χ0v) is 18.7. The molecule has 0 amide bonds. The van der Waals surface area contributed by atoms with Crippen LogP contribution in [0.3, 0.4) is 0 Å². The molecular formula is C25H42B2N2. The minimum atomic E-state index is 0.741. The average Bonchev–Trinajstić information content (AvgIpc) is 2.68. The van der Waals surface area contributed by atoms with Crippen molar-refractivity contribution in [3.8, 4) is 0 Å². The van der Waals surface area contributed by atoms with Gasteiger partial charge in [-0.3, -0.25) is 4.99 Å². The van der Waals surface area contributed by atoms with Crippen LogP contribution < -0.4 is 0 Å². The summed E-state index contributed by atoms with van der Waals surface area (Å²) in [5.41, 5.74) is 1.06. The van der Waals surface area contributed by atoms with E-state index in [2.05, 4.69) is 37.7 Å². The van der Waals surface area contributed by atoms with Crippen molar-refractivity contribution in [2.24, 2.45) is 4.99 Å². The van der Waals surface area contributed by atoms with Crippen LogP contribution in [-0.2, 0) is 0 Å². The molecule has 0 N–H and O–H groups in total. The molecular weight excluding hydrogens is 350 g/mol. The fraction of sp³-hybridized carbons (Fsp3) is 0.720.